The highest BCUT2D eigenvalue weighted by Crippen LogP contribution is 2.36. The molecule has 1 saturated heterocycles. The molecule has 1 N–H and O–H groups in total. The highest BCUT2D eigenvalue weighted by Gasteiger charge is 2.36. The lowest BCUT2D eigenvalue weighted by molar-refractivity contribution is -0.122. The van der Waals surface area contributed by atoms with Gasteiger partial charge < -0.3 is 4.74 Å². The number of nitrogens with one attached hydrogen (secondary N) is 1. The summed E-state index contributed by atoms with van der Waals surface area (Å²) in [6.07, 6.45) is 1.44. The highest BCUT2D eigenvalue weighted by atomic mass is 79.9. The van der Waals surface area contributed by atoms with Gasteiger partial charge in [0.2, 0.25) is 0 Å². The summed E-state index contributed by atoms with van der Waals surface area (Å²) < 4.78 is 8.21. The molecular weight excluding hydrogens is 620 g/mol. The molecule has 0 unspecified atom stereocenters. The summed E-state index contributed by atoms with van der Waals surface area (Å²) in [6, 6.07) is 18.9. The van der Waals surface area contributed by atoms with Crippen molar-refractivity contribution >= 4 is 77.4 Å². The van der Waals surface area contributed by atoms with E-state index in [2.05, 4.69) is 53.1 Å². The van der Waals surface area contributed by atoms with Crippen molar-refractivity contribution in [3.8, 4) is 5.75 Å². The van der Waals surface area contributed by atoms with E-state index in [1.54, 1.807) is 42.5 Å². The molecule has 0 saturated carbocycles. The quantitative estimate of drug-likeness (QED) is 0.267. The number of carbonyl (C=O) groups excluding carboxylic acids is 3. The lowest BCUT2D eigenvalue weighted by Crippen LogP contribution is -2.54. The molecule has 1 aliphatic heterocycles. The Morgan fingerprint density at radius 2 is 1.52 bits per heavy atom. The molecule has 0 aromatic heterocycles. The minimum absolute atomic E-state index is 0.152. The predicted octanol–water partition coefficient (Wildman–Crippen LogP) is 6.22. The van der Waals surface area contributed by atoms with E-state index >= 15 is 0 Å². The summed E-state index contributed by atoms with van der Waals surface area (Å²) in [5, 5.41) is 2.22. The van der Waals surface area contributed by atoms with Gasteiger partial charge in [-0.3, -0.25) is 14.9 Å². The fraction of sp³-hybridized carbons (Fsp3) is 0.0417. The van der Waals surface area contributed by atoms with Gasteiger partial charge in [0.05, 0.1) is 14.6 Å². The zero-order valence-corrected chi connectivity index (χ0v) is 21.6. The first-order valence-electron chi connectivity index (χ1n) is 9.66. The van der Waals surface area contributed by atoms with Crippen molar-refractivity contribution in [1.82, 2.24) is 5.32 Å². The molecule has 4 rings (SSSR count). The summed E-state index contributed by atoms with van der Waals surface area (Å²) in [4.78, 5) is 38.6. The molecule has 0 radical (unpaired) electrons. The van der Waals surface area contributed by atoms with Crippen LogP contribution in [0.5, 0.6) is 5.75 Å². The molecule has 0 bridgehead atoms. The van der Waals surface area contributed by atoms with E-state index in [4.69, 9.17) is 4.74 Å². The number of para-hydroxylation sites is 1. The number of imide groups is 2. The third-order valence-corrected chi connectivity index (χ3v) is 6.45. The van der Waals surface area contributed by atoms with Gasteiger partial charge in [-0.05, 0) is 85.5 Å². The van der Waals surface area contributed by atoms with Crippen molar-refractivity contribution in [2.75, 3.05) is 4.90 Å². The fourth-order valence-electron chi connectivity index (χ4n) is 3.17. The number of rotatable bonds is 5. The molecule has 33 heavy (non-hydrogen) atoms. The van der Waals surface area contributed by atoms with Crippen LogP contribution in [0.25, 0.3) is 6.08 Å². The number of amides is 4. The minimum atomic E-state index is -0.785. The van der Waals surface area contributed by atoms with E-state index in [1.807, 2.05) is 24.3 Å². The molecule has 166 valence electrons. The number of nitrogens with zero attached hydrogens (tertiary/aromatic N) is 1. The Hall–Kier alpha value is -2.75. The van der Waals surface area contributed by atoms with Crippen molar-refractivity contribution in [2.24, 2.45) is 0 Å². The molecule has 3 aromatic carbocycles. The summed E-state index contributed by atoms with van der Waals surface area (Å²) in [5.41, 5.74) is 1.79. The second kappa shape index (κ2) is 10.0. The number of ether oxygens (including phenoxy) is 1. The molecular formula is C24H15Br3N2O4. The van der Waals surface area contributed by atoms with Crippen molar-refractivity contribution < 1.29 is 19.1 Å². The van der Waals surface area contributed by atoms with Gasteiger partial charge in [0, 0.05) is 4.47 Å². The van der Waals surface area contributed by atoms with E-state index in [1.165, 1.54) is 6.08 Å². The maximum atomic E-state index is 13.0. The molecule has 9 heteroatoms. The summed E-state index contributed by atoms with van der Waals surface area (Å²) >= 11 is 10.4. The SMILES string of the molecule is O=C1NC(=O)N(c2ccccc2)C(=O)/C1=C/c1cc(Br)c(OCc2ccc(Br)cc2)c(Br)c1. The smallest absolute Gasteiger partial charge is 0.335 e. The van der Waals surface area contributed by atoms with E-state index in [9.17, 15) is 14.4 Å². The molecule has 1 aliphatic rings. The van der Waals surface area contributed by atoms with Gasteiger partial charge in [0.1, 0.15) is 17.9 Å². The topological polar surface area (TPSA) is 75.7 Å². The molecule has 4 amide bonds. The average Bonchev–Trinajstić information content (AvgIpc) is 2.78. The van der Waals surface area contributed by atoms with Crippen LogP contribution < -0.4 is 15.0 Å². The molecule has 0 aliphatic carbocycles. The van der Waals surface area contributed by atoms with Crippen LogP contribution in [0.2, 0.25) is 0 Å². The Balaban J connectivity index is 1.60. The summed E-state index contributed by atoms with van der Waals surface area (Å²) in [5.74, 6) is -0.863. The number of hydrogen-bond donors (Lipinski definition) is 1. The fourth-order valence-corrected chi connectivity index (χ4v) is 4.89. The lowest BCUT2D eigenvalue weighted by Gasteiger charge is -2.26. The van der Waals surface area contributed by atoms with Gasteiger partial charge in [-0.25, -0.2) is 9.69 Å². The van der Waals surface area contributed by atoms with Gasteiger partial charge in [-0.1, -0.05) is 46.3 Å². The van der Waals surface area contributed by atoms with Crippen molar-refractivity contribution in [3.05, 3.63) is 96.8 Å². The van der Waals surface area contributed by atoms with Crippen LogP contribution in [0.1, 0.15) is 11.1 Å². The van der Waals surface area contributed by atoms with Crippen molar-refractivity contribution in [2.45, 2.75) is 6.61 Å². The molecule has 0 spiro atoms. The van der Waals surface area contributed by atoms with Gasteiger partial charge in [-0.2, -0.15) is 0 Å². The zero-order chi connectivity index (χ0) is 23.5. The average molecular weight is 635 g/mol. The van der Waals surface area contributed by atoms with E-state index in [0.29, 0.717) is 32.6 Å². The van der Waals surface area contributed by atoms with Crippen molar-refractivity contribution in [3.63, 3.8) is 0 Å². The van der Waals surface area contributed by atoms with E-state index in [-0.39, 0.29) is 5.57 Å². The van der Waals surface area contributed by atoms with E-state index < -0.39 is 17.8 Å². The highest BCUT2D eigenvalue weighted by molar-refractivity contribution is 9.11. The Morgan fingerprint density at radius 1 is 0.879 bits per heavy atom. The van der Waals surface area contributed by atoms with Crippen LogP contribution in [0.3, 0.4) is 0 Å². The van der Waals surface area contributed by atoms with E-state index in [0.717, 1.165) is 14.9 Å². The third-order valence-electron chi connectivity index (χ3n) is 4.74. The lowest BCUT2D eigenvalue weighted by atomic mass is 10.1. The number of halogens is 3. The largest absolute Gasteiger partial charge is 0.487 e. The van der Waals surface area contributed by atoms with Crippen LogP contribution in [0, 0.1) is 0 Å². The predicted molar refractivity (Wildman–Crippen MR) is 136 cm³/mol. The number of benzene rings is 3. The Bertz CT molecular complexity index is 1250. The van der Waals surface area contributed by atoms with Gasteiger partial charge in [-0.15, -0.1) is 0 Å². The number of carbonyl (C=O) groups is 3. The number of anilines is 1. The van der Waals surface area contributed by atoms with Crippen LogP contribution in [-0.4, -0.2) is 17.8 Å². The normalized spacial score (nSPS) is 15.1. The first-order valence-corrected chi connectivity index (χ1v) is 12.0. The number of barbiturate groups is 1. The van der Waals surface area contributed by atoms with Crippen LogP contribution in [0.4, 0.5) is 10.5 Å². The maximum Gasteiger partial charge on any atom is 0.335 e. The second-order valence-corrected chi connectivity index (χ2v) is 9.65. The second-order valence-electron chi connectivity index (χ2n) is 7.02. The Labute approximate surface area is 215 Å². The molecule has 3 aromatic rings. The Kier molecular flexibility index (Phi) is 7.11. The van der Waals surface area contributed by atoms with Gasteiger partial charge in [0.25, 0.3) is 11.8 Å². The number of urea groups is 1. The molecule has 6 nitrogen and oxygen atoms in total. The first kappa shape index (κ1) is 23.4. The summed E-state index contributed by atoms with van der Waals surface area (Å²) in [6.45, 7) is 0.361. The molecule has 1 heterocycles. The summed E-state index contributed by atoms with van der Waals surface area (Å²) in [7, 11) is 0. The third kappa shape index (κ3) is 5.26. The maximum absolute atomic E-state index is 13.0. The first-order chi connectivity index (χ1) is 15.8. The van der Waals surface area contributed by atoms with Gasteiger partial charge in [0.15, 0.2) is 0 Å². The van der Waals surface area contributed by atoms with Crippen molar-refractivity contribution in [1.29, 1.82) is 0 Å². The van der Waals surface area contributed by atoms with Crippen LogP contribution in [0.15, 0.2) is 85.7 Å². The van der Waals surface area contributed by atoms with Gasteiger partial charge >= 0.3 is 6.03 Å². The minimum Gasteiger partial charge on any atom is -0.487 e. The molecule has 0 atom stereocenters. The van der Waals surface area contributed by atoms with Crippen LogP contribution >= 0.6 is 47.8 Å². The Morgan fingerprint density at radius 3 is 2.15 bits per heavy atom. The molecule has 1 fully saturated rings. The standard InChI is InChI=1S/C24H15Br3N2O4/c25-16-8-6-14(7-9-16)13-33-21-19(26)11-15(12-20(21)27)10-18-22(30)28-24(32)29(23(18)31)17-4-2-1-3-5-17/h1-12H,13H2,(H,28,30,32)/b18-10+. The van der Waals surface area contributed by atoms with Crippen LogP contribution in [-0.2, 0) is 16.2 Å². The number of hydrogen-bond acceptors (Lipinski definition) is 4. The monoisotopic (exact) mass is 632 g/mol. The zero-order valence-electron chi connectivity index (χ0n) is 16.8.